The van der Waals surface area contributed by atoms with Crippen molar-refractivity contribution in [2.45, 2.75) is 15.3 Å². The molecule has 0 bridgehead atoms. The maximum Gasteiger partial charge on any atom is 0.199 e. The smallest absolute Gasteiger partial charge is 0.199 e. The fourth-order valence-corrected chi connectivity index (χ4v) is 5.14. The molecule has 28 heavy (non-hydrogen) atoms. The molecule has 0 N–H and O–H groups in total. The van der Waals surface area contributed by atoms with Crippen molar-refractivity contribution in [1.29, 1.82) is 5.26 Å². The van der Waals surface area contributed by atoms with E-state index in [1.165, 1.54) is 0 Å². The predicted octanol–water partition coefficient (Wildman–Crippen LogP) is 5.04. The normalized spacial score (nSPS) is 17.7. The molecule has 4 rings (SSSR count). The first-order valence-corrected chi connectivity index (χ1v) is 11.6. The molecule has 1 heterocycles. The molecule has 1 aliphatic heterocycles. The zero-order chi connectivity index (χ0) is 19.7. The van der Waals surface area contributed by atoms with Crippen LogP contribution in [0.1, 0.15) is 11.1 Å². The van der Waals surface area contributed by atoms with E-state index in [0.717, 1.165) is 37.1 Å². The number of hydrogen-bond donors (Lipinski definition) is 0. The number of rotatable bonds is 4. The summed E-state index contributed by atoms with van der Waals surface area (Å²) in [6, 6.07) is 24.4. The summed E-state index contributed by atoms with van der Waals surface area (Å²) in [5, 5.41) is 12.9. The fourth-order valence-electron chi connectivity index (χ4n) is 3.71. The number of thioether (sulfide) groups is 2. The van der Waals surface area contributed by atoms with Gasteiger partial charge in [0, 0.05) is 31.2 Å². The van der Waals surface area contributed by atoms with Crippen LogP contribution in [0, 0.1) is 11.3 Å². The van der Waals surface area contributed by atoms with Gasteiger partial charge < -0.3 is 0 Å². The topological polar surface area (TPSA) is 36.1 Å². The number of nitriles is 1. The summed E-state index contributed by atoms with van der Waals surface area (Å²) in [5.74, 6) is 0. The second-order valence-electron chi connectivity index (χ2n) is 6.37. The summed E-state index contributed by atoms with van der Waals surface area (Å²) in [7, 11) is 0. The first kappa shape index (κ1) is 19.1. The molecule has 0 spiro atoms. The number of nitrogens with zero attached hydrogens (tertiary/aromatic N) is 2. The van der Waals surface area contributed by atoms with E-state index in [9.17, 15) is 5.26 Å². The lowest BCUT2D eigenvalue weighted by Gasteiger charge is -2.26. The average molecular weight is 421 g/mol. The number of fused-ring (bicyclic) bond motifs is 1. The highest BCUT2D eigenvalue weighted by atomic mass is 35.5. The lowest BCUT2D eigenvalue weighted by Crippen LogP contribution is -2.27. The van der Waals surface area contributed by atoms with Crippen LogP contribution in [0.3, 0.4) is 0 Å². The molecule has 3 aromatic rings. The van der Waals surface area contributed by atoms with E-state index in [-0.39, 0.29) is 0 Å². The minimum absolute atomic E-state index is 0.639. The Hall–Kier alpha value is -2.19. The SMILES string of the molecule is CSc1ccccc1C1=c2cc(Cl)ccc2=N[C@]1(C#N)c1ccccc1SC. The number of benzene rings is 3. The van der Waals surface area contributed by atoms with Gasteiger partial charge in [-0.3, -0.25) is 4.99 Å². The van der Waals surface area contributed by atoms with Crippen molar-refractivity contribution in [3.8, 4) is 6.07 Å². The molecular formula is C23H17ClN2S2. The summed E-state index contributed by atoms with van der Waals surface area (Å²) in [4.78, 5) is 7.14. The van der Waals surface area contributed by atoms with E-state index >= 15 is 0 Å². The molecule has 0 fully saturated rings. The van der Waals surface area contributed by atoms with E-state index in [4.69, 9.17) is 16.6 Å². The van der Waals surface area contributed by atoms with Crippen molar-refractivity contribution in [3.63, 3.8) is 0 Å². The Morgan fingerprint density at radius 2 is 1.61 bits per heavy atom. The lowest BCUT2D eigenvalue weighted by molar-refractivity contribution is 0.727. The van der Waals surface area contributed by atoms with E-state index < -0.39 is 5.54 Å². The molecule has 2 nitrogen and oxygen atoms in total. The third-order valence-corrected chi connectivity index (χ3v) is 6.74. The maximum atomic E-state index is 10.5. The molecule has 138 valence electrons. The molecule has 0 saturated heterocycles. The first-order chi connectivity index (χ1) is 13.6. The Kier molecular flexibility index (Phi) is 5.25. The molecule has 0 saturated carbocycles. The van der Waals surface area contributed by atoms with Gasteiger partial charge in [-0.2, -0.15) is 5.26 Å². The number of hydrogen-bond acceptors (Lipinski definition) is 4. The van der Waals surface area contributed by atoms with Crippen molar-refractivity contribution >= 4 is 40.7 Å². The van der Waals surface area contributed by atoms with E-state index in [1.807, 2.05) is 67.1 Å². The van der Waals surface area contributed by atoms with Gasteiger partial charge in [-0.15, -0.1) is 23.5 Å². The Morgan fingerprint density at radius 3 is 2.32 bits per heavy atom. The third kappa shape index (κ3) is 2.95. The van der Waals surface area contributed by atoms with Crippen LogP contribution in [0.25, 0.3) is 5.57 Å². The second kappa shape index (κ2) is 7.67. The van der Waals surface area contributed by atoms with Crippen molar-refractivity contribution in [3.05, 3.63) is 93.5 Å². The van der Waals surface area contributed by atoms with Gasteiger partial charge in [0.05, 0.1) is 5.36 Å². The van der Waals surface area contributed by atoms with Gasteiger partial charge in [-0.05, 0) is 48.4 Å². The average Bonchev–Trinajstić information content (AvgIpc) is 3.07. The molecule has 1 atom stereocenters. The molecule has 1 aliphatic rings. The predicted molar refractivity (Wildman–Crippen MR) is 118 cm³/mol. The summed E-state index contributed by atoms with van der Waals surface area (Å²) in [6.45, 7) is 0. The van der Waals surface area contributed by atoms with Crippen LogP contribution >= 0.6 is 35.1 Å². The lowest BCUT2D eigenvalue weighted by atomic mass is 9.81. The molecule has 0 aromatic heterocycles. The van der Waals surface area contributed by atoms with Crippen LogP contribution in [0.4, 0.5) is 0 Å². The third-order valence-electron chi connectivity index (χ3n) is 4.91. The molecule has 0 radical (unpaired) electrons. The highest BCUT2D eigenvalue weighted by molar-refractivity contribution is 7.98. The van der Waals surface area contributed by atoms with Gasteiger partial charge in [0.1, 0.15) is 6.07 Å². The Balaban J connectivity index is 2.18. The van der Waals surface area contributed by atoms with Gasteiger partial charge in [0.25, 0.3) is 0 Å². The minimum atomic E-state index is -1.11. The zero-order valence-corrected chi connectivity index (χ0v) is 17.8. The molecule has 0 unspecified atom stereocenters. The number of halogens is 1. The van der Waals surface area contributed by atoms with Crippen LogP contribution in [0.15, 0.2) is 81.5 Å². The second-order valence-corrected chi connectivity index (χ2v) is 8.50. The quantitative estimate of drug-likeness (QED) is 0.555. The van der Waals surface area contributed by atoms with Crippen molar-refractivity contribution in [2.24, 2.45) is 4.99 Å². The van der Waals surface area contributed by atoms with Gasteiger partial charge >= 0.3 is 0 Å². The van der Waals surface area contributed by atoms with Crippen LogP contribution in [-0.2, 0) is 5.54 Å². The van der Waals surface area contributed by atoms with Crippen LogP contribution in [0.5, 0.6) is 0 Å². The fraction of sp³-hybridized carbons (Fsp3) is 0.130. The maximum absolute atomic E-state index is 10.5. The highest BCUT2D eigenvalue weighted by Crippen LogP contribution is 2.44. The molecule has 5 heteroatoms. The summed E-state index contributed by atoms with van der Waals surface area (Å²) >= 11 is 9.64. The standard InChI is InChI=1S/C23H17ClN2S2/c1-27-20-9-5-3-7-16(20)22-17-13-15(24)11-12-19(17)26-23(22,14-25)18-8-4-6-10-21(18)28-2/h3-13H,1-2H3/t23-/m1/s1. The van der Waals surface area contributed by atoms with Crippen LogP contribution < -0.4 is 10.6 Å². The molecular weight excluding hydrogens is 404 g/mol. The van der Waals surface area contributed by atoms with Crippen molar-refractivity contribution in [1.82, 2.24) is 0 Å². The van der Waals surface area contributed by atoms with Crippen LogP contribution in [-0.4, -0.2) is 12.5 Å². The van der Waals surface area contributed by atoms with E-state index in [1.54, 1.807) is 23.5 Å². The minimum Gasteiger partial charge on any atom is -0.253 e. The van der Waals surface area contributed by atoms with E-state index in [0.29, 0.717) is 5.02 Å². The highest BCUT2D eigenvalue weighted by Gasteiger charge is 2.42. The largest absolute Gasteiger partial charge is 0.253 e. The van der Waals surface area contributed by atoms with Gasteiger partial charge in [-0.1, -0.05) is 48.0 Å². The summed E-state index contributed by atoms with van der Waals surface area (Å²) < 4.78 is 0. The van der Waals surface area contributed by atoms with Crippen molar-refractivity contribution < 1.29 is 0 Å². The van der Waals surface area contributed by atoms with Crippen molar-refractivity contribution in [2.75, 3.05) is 12.5 Å². The molecule has 3 aromatic carbocycles. The van der Waals surface area contributed by atoms with Gasteiger partial charge in [0.2, 0.25) is 0 Å². The molecule has 0 aliphatic carbocycles. The van der Waals surface area contributed by atoms with Gasteiger partial charge in [0.15, 0.2) is 5.54 Å². The monoisotopic (exact) mass is 420 g/mol. The van der Waals surface area contributed by atoms with E-state index in [2.05, 4.69) is 18.2 Å². The zero-order valence-electron chi connectivity index (χ0n) is 15.4. The molecule has 0 amide bonds. The Labute approximate surface area is 178 Å². The summed E-state index contributed by atoms with van der Waals surface area (Å²) in [6.07, 6.45) is 4.08. The Morgan fingerprint density at radius 1 is 0.929 bits per heavy atom. The van der Waals surface area contributed by atoms with Gasteiger partial charge in [-0.25, -0.2) is 0 Å². The summed E-state index contributed by atoms with van der Waals surface area (Å²) in [5.41, 5.74) is 1.72. The first-order valence-electron chi connectivity index (χ1n) is 8.73. The van der Waals surface area contributed by atoms with Crippen LogP contribution in [0.2, 0.25) is 5.02 Å². The Bertz CT molecular complexity index is 1230.